The Morgan fingerprint density at radius 2 is 2.00 bits per heavy atom. The van der Waals surface area contributed by atoms with Crippen LogP contribution in [-0.4, -0.2) is 29.0 Å². The maximum atomic E-state index is 13.0. The van der Waals surface area contributed by atoms with Crippen LogP contribution in [0.15, 0.2) is 42.5 Å². The standard InChI is InChI=1S/C21H24FNO2/c1-15-4-11-19(20(24)13-15)21(25)23-12-2-3-17(14-23)6-5-16-7-9-18(22)10-8-16/h4,7-11,13,17,24H,2-3,5-6,12,14H2,1H3. The summed E-state index contributed by atoms with van der Waals surface area (Å²) in [5.41, 5.74) is 2.44. The monoisotopic (exact) mass is 341 g/mol. The number of aromatic hydroxyl groups is 1. The summed E-state index contributed by atoms with van der Waals surface area (Å²) in [4.78, 5) is 14.6. The van der Waals surface area contributed by atoms with E-state index in [2.05, 4.69) is 0 Å². The second-order valence-corrected chi connectivity index (χ2v) is 6.95. The van der Waals surface area contributed by atoms with E-state index in [9.17, 15) is 14.3 Å². The molecular weight excluding hydrogens is 317 g/mol. The molecule has 2 aromatic carbocycles. The van der Waals surface area contributed by atoms with Gasteiger partial charge in [-0.05, 0) is 73.9 Å². The molecule has 4 heteroatoms. The lowest BCUT2D eigenvalue weighted by atomic mass is 9.91. The minimum Gasteiger partial charge on any atom is -0.507 e. The van der Waals surface area contributed by atoms with E-state index in [1.807, 2.05) is 30.0 Å². The van der Waals surface area contributed by atoms with Crippen LogP contribution in [0.4, 0.5) is 4.39 Å². The van der Waals surface area contributed by atoms with Crippen LogP contribution in [-0.2, 0) is 6.42 Å². The maximum Gasteiger partial charge on any atom is 0.257 e. The fourth-order valence-electron chi connectivity index (χ4n) is 3.50. The quantitative estimate of drug-likeness (QED) is 0.899. The Kier molecular flexibility index (Phi) is 5.37. The molecule has 1 aliphatic rings. The third-order valence-electron chi connectivity index (χ3n) is 4.94. The zero-order chi connectivity index (χ0) is 17.8. The van der Waals surface area contributed by atoms with Gasteiger partial charge in [0.25, 0.3) is 5.91 Å². The van der Waals surface area contributed by atoms with Crippen LogP contribution in [0.25, 0.3) is 0 Å². The highest BCUT2D eigenvalue weighted by molar-refractivity contribution is 5.97. The van der Waals surface area contributed by atoms with Crippen molar-refractivity contribution in [3.63, 3.8) is 0 Å². The first kappa shape index (κ1) is 17.5. The second kappa shape index (κ2) is 7.68. The number of nitrogens with zero attached hydrogens (tertiary/aromatic N) is 1. The number of hydrogen-bond donors (Lipinski definition) is 1. The van der Waals surface area contributed by atoms with Crippen LogP contribution >= 0.6 is 0 Å². The smallest absolute Gasteiger partial charge is 0.257 e. The lowest BCUT2D eigenvalue weighted by molar-refractivity contribution is 0.0665. The van der Waals surface area contributed by atoms with Gasteiger partial charge in [0.1, 0.15) is 11.6 Å². The maximum absolute atomic E-state index is 13.0. The lowest BCUT2D eigenvalue weighted by Gasteiger charge is -2.33. The number of carbonyl (C=O) groups is 1. The molecule has 1 unspecified atom stereocenters. The third-order valence-corrected chi connectivity index (χ3v) is 4.94. The highest BCUT2D eigenvalue weighted by atomic mass is 19.1. The first-order valence-electron chi connectivity index (χ1n) is 8.86. The number of likely N-dealkylation sites (tertiary alicyclic amines) is 1. The van der Waals surface area contributed by atoms with Crippen LogP contribution in [0.2, 0.25) is 0 Å². The Morgan fingerprint density at radius 1 is 1.24 bits per heavy atom. The number of aryl methyl sites for hydroxylation is 2. The van der Waals surface area contributed by atoms with Crippen molar-refractivity contribution in [1.82, 2.24) is 4.90 Å². The normalized spacial score (nSPS) is 17.5. The lowest BCUT2D eigenvalue weighted by Crippen LogP contribution is -2.40. The zero-order valence-electron chi connectivity index (χ0n) is 14.5. The van der Waals surface area contributed by atoms with Crippen LogP contribution in [0.1, 0.15) is 40.7 Å². The fourth-order valence-corrected chi connectivity index (χ4v) is 3.50. The summed E-state index contributed by atoms with van der Waals surface area (Å²) in [6, 6.07) is 11.8. The topological polar surface area (TPSA) is 40.5 Å². The van der Waals surface area contributed by atoms with Crippen molar-refractivity contribution in [1.29, 1.82) is 0 Å². The van der Waals surface area contributed by atoms with Crippen LogP contribution in [0.3, 0.4) is 0 Å². The Morgan fingerprint density at radius 3 is 2.72 bits per heavy atom. The second-order valence-electron chi connectivity index (χ2n) is 6.95. The molecule has 2 aromatic rings. The third kappa shape index (κ3) is 4.38. The number of halogens is 1. The number of piperidine rings is 1. The molecule has 1 amide bonds. The van der Waals surface area contributed by atoms with Crippen molar-refractivity contribution in [2.24, 2.45) is 5.92 Å². The molecule has 25 heavy (non-hydrogen) atoms. The highest BCUT2D eigenvalue weighted by Crippen LogP contribution is 2.26. The molecule has 1 aliphatic heterocycles. The largest absolute Gasteiger partial charge is 0.507 e. The van der Waals surface area contributed by atoms with Gasteiger partial charge < -0.3 is 10.0 Å². The Hall–Kier alpha value is -2.36. The van der Waals surface area contributed by atoms with Crippen LogP contribution < -0.4 is 0 Å². The van der Waals surface area contributed by atoms with Gasteiger partial charge in [0.15, 0.2) is 0 Å². The summed E-state index contributed by atoms with van der Waals surface area (Å²) in [6.45, 7) is 3.34. The van der Waals surface area contributed by atoms with E-state index in [-0.39, 0.29) is 17.5 Å². The number of carbonyl (C=O) groups excluding carboxylic acids is 1. The predicted octanol–water partition coefficient (Wildman–Crippen LogP) is 4.32. The van der Waals surface area contributed by atoms with Gasteiger partial charge in [0, 0.05) is 13.1 Å². The minimum absolute atomic E-state index is 0.0541. The van der Waals surface area contributed by atoms with Gasteiger partial charge in [-0.1, -0.05) is 18.2 Å². The number of phenols is 1. The van der Waals surface area contributed by atoms with E-state index in [1.54, 1.807) is 12.1 Å². The molecule has 0 radical (unpaired) electrons. The van der Waals surface area contributed by atoms with E-state index < -0.39 is 0 Å². The number of phenolic OH excluding ortho intramolecular Hbond substituents is 1. The highest BCUT2D eigenvalue weighted by Gasteiger charge is 2.25. The summed E-state index contributed by atoms with van der Waals surface area (Å²) < 4.78 is 13.0. The van der Waals surface area contributed by atoms with E-state index in [4.69, 9.17) is 0 Å². The summed E-state index contributed by atoms with van der Waals surface area (Å²) in [6.07, 6.45) is 3.95. The molecule has 0 bridgehead atoms. The molecule has 0 saturated carbocycles. The summed E-state index contributed by atoms with van der Waals surface area (Å²) >= 11 is 0. The van der Waals surface area contributed by atoms with Gasteiger partial charge in [-0.15, -0.1) is 0 Å². The van der Waals surface area contributed by atoms with Crippen molar-refractivity contribution in [3.8, 4) is 5.75 Å². The molecule has 3 rings (SSSR count). The molecule has 1 atom stereocenters. The van der Waals surface area contributed by atoms with E-state index in [0.29, 0.717) is 18.0 Å². The van der Waals surface area contributed by atoms with Gasteiger partial charge in [-0.2, -0.15) is 0 Å². The summed E-state index contributed by atoms with van der Waals surface area (Å²) in [5.74, 6) is 0.189. The molecule has 1 heterocycles. The molecule has 3 nitrogen and oxygen atoms in total. The SMILES string of the molecule is Cc1ccc(C(=O)N2CCCC(CCc3ccc(F)cc3)C2)c(O)c1. The Balaban J connectivity index is 1.60. The molecule has 0 spiro atoms. The van der Waals surface area contributed by atoms with Crippen molar-refractivity contribution in [2.75, 3.05) is 13.1 Å². The van der Waals surface area contributed by atoms with Gasteiger partial charge in [0.05, 0.1) is 5.56 Å². The molecule has 1 saturated heterocycles. The van der Waals surface area contributed by atoms with Crippen molar-refractivity contribution < 1.29 is 14.3 Å². The van der Waals surface area contributed by atoms with E-state index in [0.717, 1.165) is 43.4 Å². The van der Waals surface area contributed by atoms with Gasteiger partial charge in [-0.25, -0.2) is 4.39 Å². The van der Waals surface area contributed by atoms with Gasteiger partial charge in [-0.3, -0.25) is 4.79 Å². The minimum atomic E-state index is -0.212. The van der Waals surface area contributed by atoms with E-state index in [1.165, 1.54) is 12.1 Å². The summed E-state index contributed by atoms with van der Waals surface area (Å²) in [5, 5.41) is 10.1. The van der Waals surface area contributed by atoms with Gasteiger partial charge >= 0.3 is 0 Å². The number of amides is 1. The predicted molar refractivity (Wildman–Crippen MR) is 96.2 cm³/mol. The van der Waals surface area contributed by atoms with Crippen molar-refractivity contribution >= 4 is 5.91 Å². The van der Waals surface area contributed by atoms with Gasteiger partial charge in [0.2, 0.25) is 0 Å². The zero-order valence-corrected chi connectivity index (χ0v) is 14.5. The van der Waals surface area contributed by atoms with Crippen molar-refractivity contribution in [2.45, 2.75) is 32.6 Å². The average molecular weight is 341 g/mol. The molecule has 1 fully saturated rings. The Bertz CT molecular complexity index is 742. The molecule has 0 aromatic heterocycles. The fraction of sp³-hybridized carbons (Fsp3) is 0.381. The first-order valence-corrected chi connectivity index (χ1v) is 8.86. The number of benzene rings is 2. The van der Waals surface area contributed by atoms with Crippen molar-refractivity contribution in [3.05, 3.63) is 65.0 Å². The Labute approximate surface area is 148 Å². The molecule has 0 aliphatic carbocycles. The number of rotatable bonds is 4. The first-order chi connectivity index (χ1) is 12.0. The van der Waals surface area contributed by atoms with Crippen LogP contribution in [0, 0.1) is 18.7 Å². The summed E-state index contributed by atoms with van der Waals surface area (Å²) in [7, 11) is 0. The molecular formula is C21H24FNO2. The van der Waals surface area contributed by atoms with Crippen LogP contribution in [0.5, 0.6) is 5.75 Å². The average Bonchev–Trinajstić information content (AvgIpc) is 2.61. The van der Waals surface area contributed by atoms with E-state index >= 15 is 0 Å². The molecule has 1 N–H and O–H groups in total. The molecule has 132 valence electrons. The number of hydrogen-bond acceptors (Lipinski definition) is 2.